The fourth-order valence-corrected chi connectivity index (χ4v) is 6.90. The Balaban J connectivity index is 1.63. The van der Waals surface area contributed by atoms with Crippen molar-refractivity contribution in [3.8, 4) is 22.7 Å². The molecule has 2 aromatic heterocycles. The van der Waals surface area contributed by atoms with Gasteiger partial charge in [-0.2, -0.15) is 0 Å². The number of carbonyl (C=O) groups is 1. The van der Waals surface area contributed by atoms with E-state index in [4.69, 9.17) is 19.2 Å². The number of piperazine rings is 1. The number of ether oxygens (including phenoxy) is 3. The molecule has 12 heteroatoms. The molecule has 260 valence electrons. The third-order valence-corrected chi connectivity index (χ3v) is 9.02. The smallest absolute Gasteiger partial charge is 0.410 e. The Morgan fingerprint density at radius 1 is 1.02 bits per heavy atom. The molecule has 4 heterocycles. The second-order valence-corrected chi connectivity index (χ2v) is 14.1. The van der Waals surface area contributed by atoms with Crippen LogP contribution < -0.4 is 20.1 Å². The highest BCUT2D eigenvalue weighted by atomic mass is 19.1. The van der Waals surface area contributed by atoms with Gasteiger partial charge >= 0.3 is 6.09 Å². The first kappa shape index (κ1) is 34.2. The van der Waals surface area contributed by atoms with E-state index in [1.54, 1.807) is 4.90 Å². The summed E-state index contributed by atoms with van der Waals surface area (Å²) in [4.78, 5) is 38.5. The van der Waals surface area contributed by atoms with Crippen LogP contribution in [0.4, 0.5) is 25.0 Å². The highest BCUT2D eigenvalue weighted by Gasteiger charge is 2.43. The Morgan fingerprint density at radius 3 is 2.45 bits per heavy atom. The van der Waals surface area contributed by atoms with Gasteiger partial charge < -0.3 is 28.9 Å². The molecule has 1 amide bonds. The van der Waals surface area contributed by atoms with E-state index in [9.17, 15) is 9.59 Å². The van der Waals surface area contributed by atoms with Gasteiger partial charge in [0.1, 0.15) is 28.5 Å². The Labute approximate surface area is 284 Å². The van der Waals surface area contributed by atoms with Crippen LogP contribution in [-0.2, 0) is 9.47 Å². The number of rotatable bonds is 6. The van der Waals surface area contributed by atoms with E-state index >= 15 is 8.78 Å². The van der Waals surface area contributed by atoms with Crippen molar-refractivity contribution < 1.29 is 27.8 Å². The van der Waals surface area contributed by atoms with Crippen LogP contribution in [0, 0.1) is 11.6 Å². The number of para-hydroxylation sites is 1. The van der Waals surface area contributed by atoms with Crippen LogP contribution in [0.5, 0.6) is 5.75 Å². The molecule has 6 rings (SSSR count). The van der Waals surface area contributed by atoms with Gasteiger partial charge in [-0.05, 0) is 63.4 Å². The van der Waals surface area contributed by atoms with Crippen LogP contribution in [0.25, 0.3) is 28.0 Å². The van der Waals surface area contributed by atoms with E-state index in [2.05, 4.69) is 4.90 Å². The average molecular weight is 676 g/mol. The first-order chi connectivity index (χ1) is 23.2. The third-order valence-electron chi connectivity index (χ3n) is 9.02. The summed E-state index contributed by atoms with van der Waals surface area (Å²) in [5, 5.41) is 0.388. The molecule has 10 nitrogen and oxygen atoms in total. The predicted molar refractivity (Wildman–Crippen MR) is 186 cm³/mol. The summed E-state index contributed by atoms with van der Waals surface area (Å²) in [7, 11) is 3.26. The van der Waals surface area contributed by atoms with E-state index < -0.39 is 23.3 Å². The quantitative estimate of drug-likeness (QED) is 0.209. The van der Waals surface area contributed by atoms with Crippen LogP contribution in [0.1, 0.15) is 53.0 Å². The Morgan fingerprint density at radius 2 is 1.76 bits per heavy atom. The zero-order valence-electron chi connectivity index (χ0n) is 29.2. The maximum absolute atomic E-state index is 16.5. The number of halogens is 2. The van der Waals surface area contributed by atoms with Gasteiger partial charge in [-0.1, -0.05) is 38.1 Å². The second kappa shape index (κ2) is 13.0. The summed E-state index contributed by atoms with van der Waals surface area (Å²) in [6, 6.07) is 12.5. The van der Waals surface area contributed by atoms with Crippen molar-refractivity contribution in [2.75, 3.05) is 50.4 Å². The van der Waals surface area contributed by atoms with E-state index in [1.165, 1.54) is 35.9 Å². The lowest BCUT2D eigenvalue weighted by Gasteiger charge is -2.51. The third kappa shape index (κ3) is 6.18. The van der Waals surface area contributed by atoms with Gasteiger partial charge in [0.25, 0.3) is 5.56 Å². The summed E-state index contributed by atoms with van der Waals surface area (Å²) in [5.41, 5.74) is 1.11. The van der Waals surface area contributed by atoms with Gasteiger partial charge in [0.05, 0.1) is 23.0 Å². The lowest BCUT2D eigenvalue weighted by atomic mass is 9.98. The number of hydrogen-bond acceptors (Lipinski definition) is 8. The highest BCUT2D eigenvalue weighted by molar-refractivity contribution is 6.00. The normalized spacial score (nSPS) is 17.7. The monoisotopic (exact) mass is 675 g/mol. The molecule has 1 saturated heterocycles. The summed E-state index contributed by atoms with van der Waals surface area (Å²) in [6.45, 7) is 12.4. The van der Waals surface area contributed by atoms with Crippen LogP contribution in [-0.4, -0.2) is 78.8 Å². The molecular formula is C37H43F2N5O5. The number of fused-ring (bicyclic) bond motifs is 5. The number of aromatic nitrogens is 2. The van der Waals surface area contributed by atoms with Crippen molar-refractivity contribution >= 4 is 28.5 Å². The molecule has 4 aromatic rings. The number of likely N-dealkylation sites (N-methyl/N-ethyl adjacent to an activating group) is 1. The van der Waals surface area contributed by atoms with E-state index in [1.807, 2.05) is 77.8 Å². The number of nitrogens with zero attached hydrogens (tertiary/aromatic N) is 5. The molecule has 0 spiro atoms. The Kier molecular flexibility index (Phi) is 9.04. The van der Waals surface area contributed by atoms with Crippen molar-refractivity contribution in [3.05, 3.63) is 76.1 Å². The molecule has 1 fully saturated rings. The van der Waals surface area contributed by atoms with Crippen LogP contribution >= 0.6 is 0 Å². The fourth-order valence-electron chi connectivity index (χ4n) is 6.90. The zero-order chi connectivity index (χ0) is 35.4. The van der Waals surface area contributed by atoms with E-state index in [-0.39, 0.29) is 53.0 Å². The fraction of sp³-hybridized carbons (Fsp3) is 0.432. The van der Waals surface area contributed by atoms with Crippen molar-refractivity contribution in [2.24, 2.45) is 0 Å². The van der Waals surface area contributed by atoms with Crippen molar-refractivity contribution in [3.63, 3.8) is 0 Å². The van der Waals surface area contributed by atoms with Gasteiger partial charge in [0, 0.05) is 45.2 Å². The molecule has 49 heavy (non-hydrogen) atoms. The van der Waals surface area contributed by atoms with Gasteiger partial charge in [-0.15, -0.1) is 0 Å². The standard InChI is InChI=1S/C37H43F2N5O5/c1-21(2)24-12-9-10-14-28(24)44-34-25(16-27(39)31(40-34)30-26(38)13-11-15-29(30)48-20-47-8)32-33(35(44)45)41(7)18-23-19-42(22(3)17-43(23)32)36(46)49-37(4,5)6/h9-16,21-23H,17-20H2,1-8H3/t22-,23+/m1/s1. The van der Waals surface area contributed by atoms with E-state index in [0.717, 1.165) is 5.56 Å². The number of methoxy groups -OCH3 is 1. The van der Waals surface area contributed by atoms with Gasteiger partial charge in [-0.3, -0.25) is 9.36 Å². The van der Waals surface area contributed by atoms with Gasteiger partial charge in [-0.25, -0.2) is 18.6 Å². The van der Waals surface area contributed by atoms with Gasteiger partial charge in [0.15, 0.2) is 18.3 Å². The number of hydrogen-bond donors (Lipinski definition) is 0. The van der Waals surface area contributed by atoms with Crippen molar-refractivity contribution in [1.82, 2.24) is 14.5 Å². The second-order valence-electron chi connectivity index (χ2n) is 14.1. The van der Waals surface area contributed by atoms with Crippen molar-refractivity contribution in [1.29, 1.82) is 0 Å². The van der Waals surface area contributed by atoms with Gasteiger partial charge in [0.2, 0.25) is 0 Å². The minimum Gasteiger partial charge on any atom is -0.467 e. The van der Waals surface area contributed by atoms with Crippen molar-refractivity contribution in [2.45, 2.75) is 65.1 Å². The molecule has 2 atom stereocenters. The molecule has 0 saturated carbocycles. The maximum Gasteiger partial charge on any atom is 0.410 e. The minimum absolute atomic E-state index is 0.0404. The predicted octanol–water partition coefficient (Wildman–Crippen LogP) is 6.70. The lowest BCUT2D eigenvalue weighted by molar-refractivity contribution is 0.0125. The van der Waals surface area contributed by atoms with Crippen LogP contribution in [0.15, 0.2) is 53.3 Å². The number of amides is 1. The number of anilines is 2. The number of pyridine rings is 2. The minimum atomic E-state index is -0.783. The molecular weight excluding hydrogens is 632 g/mol. The summed E-state index contributed by atoms with van der Waals surface area (Å²) in [5.74, 6) is -1.43. The van der Waals surface area contributed by atoms with E-state index in [0.29, 0.717) is 42.1 Å². The molecule has 0 unspecified atom stereocenters. The lowest BCUT2D eigenvalue weighted by Crippen LogP contribution is -2.64. The molecule has 0 bridgehead atoms. The summed E-state index contributed by atoms with van der Waals surface area (Å²) < 4.78 is 50.0. The summed E-state index contributed by atoms with van der Waals surface area (Å²) in [6.07, 6.45) is -0.410. The average Bonchev–Trinajstić information content (AvgIpc) is 3.03. The topological polar surface area (TPSA) is 89.4 Å². The molecule has 2 aliphatic heterocycles. The summed E-state index contributed by atoms with van der Waals surface area (Å²) >= 11 is 0. The highest BCUT2D eigenvalue weighted by Crippen LogP contribution is 2.43. The Hall–Kier alpha value is -4.71. The first-order valence-corrected chi connectivity index (χ1v) is 16.5. The SMILES string of the molecule is COCOc1cccc(F)c1-c1nc2c(cc1F)c1c(c(=O)n2-c2ccccc2C(C)C)N(C)C[C@H]2CN(C(=O)OC(C)(C)C)[C@H](C)CN12. The largest absolute Gasteiger partial charge is 0.467 e. The molecule has 0 aliphatic carbocycles. The zero-order valence-corrected chi connectivity index (χ0v) is 29.2. The molecule has 0 N–H and O–H groups in total. The number of benzene rings is 2. The maximum atomic E-state index is 16.5. The molecule has 0 radical (unpaired) electrons. The molecule has 2 aromatic carbocycles. The number of carbonyl (C=O) groups excluding carboxylic acids is 1. The first-order valence-electron chi connectivity index (χ1n) is 16.5. The van der Waals surface area contributed by atoms with Crippen LogP contribution in [0.3, 0.4) is 0 Å². The van der Waals surface area contributed by atoms with Crippen LogP contribution in [0.2, 0.25) is 0 Å². The Bertz CT molecular complexity index is 1970. The molecule has 2 aliphatic rings.